The second-order valence-corrected chi connectivity index (χ2v) is 33.4. The number of carbonyl (C=O) groups excluding carboxylic acids is 3. The van der Waals surface area contributed by atoms with Crippen LogP contribution in [0, 0.1) is 82.4 Å². The van der Waals surface area contributed by atoms with Gasteiger partial charge in [-0.2, -0.15) is 22.0 Å². The van der Waals surface area contributed by atoms with E-state index in [-0.39, 0.29) is 98.8 Å². The molecule has 0 saturated carbocycles. The molecule has 33 heteroatoms. The second-order valence-electron chi connectivity index (χ2n) is 25.2. The molecule has 0 radical (unpaired) electrons. The molecule has 3 amide bonds. The highest BCUT2D eigenvalue weighted by molar-refractivity contribution is 9.11. The highest BCUT2D eigenvalue weighted by atomic mass is 79.9. The van der Waals surface area contributed by atoms with E-state index in [2.05, 4.69) is 138 Å². The Morgan fingerprint density at radius 1 is 0.510 bits per heavy atom. The standard InChI is InChI=1S/C16H23F2NO4.C16H19F2NO4.C14H21BrF2O2Si.C8H7BrF2O2.C8H13NO2.C6H3BrF2O.C3H7Br.H2/c2*1-16(2,3)23-15(21)19-8-4-5-11-6-7-12(17)13(18)14(11)22-10-9-20;1-14(2,3)20(4,5)19-9-8-18-13-10(15)6-7-11(16)12(13)17;9-5-1-2-6(10)7(11)8(5)13-4-3-12;1-5-6-9-7(10)11-8(2,3)4;7-3-1-2-4(8)5(9)6(3)10;1-2-3-4;/h6-7,20H,4-5,8-10H2,1-3H3,(H,19,21);6-7,20H,8-10H2,1-3H3,(H,19,21);6-7H,8-9H2,1-5H3;1-2,12H,3-4H2;1H,6H2,2-4H3,(H,9,10);1-2,10H;2-3H2,1H3;1H. The fourth-order valence-electron chi connectivity index (χ4n) is 6.39. The molecule has 586 valence electrons. The highest BCUT2D eigenvalue weighted by Crippen LogP contribution is 2.37. The van der Waals surface area contributed by atoms with Crippen LogP contribution in [0.25, 0.3) is 0 Å². The zero-order valence-electron chi connectivity index (χ0n) is 60.5. The lowest BCUT2D eigenvalue weighted by Crippen LogP contribution is -2.41. The number of alkyl carbamates (subject to hydrolysis) is 3. The number of carbonyl (C=O) groups is 3. The number of benzene rings is 5. The van der Waals surface area contributed by atoms with E-state index >= 15 is 0 Å². The summed E-state index contributed by atoms with van der Waals surface area (Å²) in [4.78, 5) is 33.7. The first-order valence-corrected chi connectivity index (χ1v) is 38.0. The Morgan fingerprint density at radius 2 is 0.865 bits per heavy atom. The van der Waals surface area contributed by atoms with Gasteiger partial charge in [-0.25, -0.2) is 36.3 Å². The smallest absolute Gasteiger partial charge is 0.408 e. The molecule has 0 fully saturated rings. The number of aliphatic hydroxyl groups excluding tert-OH is 3. The first-order chi connectivity index (χ1) is 48.2. The van der Waals surface area contributed by atoms with E-state index in [1.165, 1.54) is 36.8 Å². The number of terminal acetylenes is 1. The number of hydrogen-bond donors (Lipinski definition) is 7. The van der Waals surface area contributed by atoms with E-state index in [0.29, 0.717) is 40.5 Å². The predicted octanol–water partition coefficient (Wildman–Crippen LogP) is 17.8. The first kappa shape index (κ1) is 99.4. The molecule has 0 aliphatic rings. The van der Waals surface area contributed by atoms with Crippen LogP contribution in [0.15, 0.2) is 74.1 Å². The number of aromatic hydroxyl groups is 1. The Hall–Kier alpha value is -6.69. The summed E-state index contributed by atoms with van der Waals surface area (Å²) in [5, 5.41) is 43.2. The molecule has 0 spiro atoms. The van der Waals surface area contributed by atoms with Gasteiger partial charge in [0.1, 0.15) is 43.2 Å². The average molecular weight is 1770 g/mol. The van der Waals surface area contributed by atoms with Crippen LogP contribution in [0.2, 0.25) is 18.1 Å². The Balaban J connectivity index is -0.00000120. The zero-order valence-corrected chi connectivity index (χ0v) is 67.9. The summed E-state index contributed by atoms with van der Waals surface area (Å²) in [5.74, 6) is -4.69. The number of hydrogen-bond acceptors (Lipinski definition) is 15. The molecule has 0 saturated heterocycles. The molecule has 0 heterocycles. The van der Waals surface area contributed by atoms with Gasteiger partial charge in [0.05, 0.1) is 58.5 Å². The molecule has 5 rings (SSSR count). The number of halogens is 14. The third-order valence-electron chi connectivity index (χ3n) is 12.0. The molecule has 0 aromatic heterocycles. The summed E-state index contributed by atoms with van der Waals surface area (Å²) < 4.78 is 173. The number of phenols is 1. The van der Waals surface area contributed by atoms with E-state index in [0.717, 1.165) is 35.7 Å². The normalized spacial score (nSPS) is 10.8. The Bertz CT molecular complexity index is 3530. The molecule has 7 N–H and O–H groups in total. The van der Waals surface area contributed by atoms with E-state index in [1.54, 1.807) is 62.3 Å². The number of phenolic OH excluding ortho intramolecular Hbond substituents is 1. The lowest BCUT2D eigenvalue weighted by atomic mass is 10.1. The van der Waals surface area contributed by atoms with Crippen molar-refractivity contribution in [2.75, 3.05) is 77.8 Å². The maximum atomic E-state index is 13.7. The van der Waals surface area contributed by atoms with Crippen LogP contribution in [-0.2, 0) is 25.1 Å². The molecule has 0 aliphatic heterocycles. The van der Waals surface area contributed by atoms with Crippen molar-refractivity contribution in [3.05, 3.63) is 143 Å². The number of alkyl halides is 1. The van der Waals surface area contributed by atoms with Crippen LogP contribution in [0.1, 0.15) is 115 Å². The fourth-order valence-corrected chi connectivity index (χ4v) is 8.56. The summed E-state index contributed by atoms with van der Waals surface area (Å²) in [7, 11) is -1.84. The van der Waals surface area contributed by atoms with E-state index in [1.807, 2.05) is 0 Å². The van der Waals surface area contributed by atoms with Crippen molar-refractivity contribution in [1.82, 2.24) is 16.0 Å². The van der Waals surface area contributed by atoms with Crippen LogP contribution in [0.5, 0.6) is 28.7 Å². The lowest BCUT2D eigenvalue weighted by molar-refractivity contribution is 0.0518. The average Bonchev–Trinajstić information content (AvgIpc) is 0.853. The van der Waals surface area contributed by atoms with Crippen molar-refractivity contribution in [2.45, 2.75) is 144 Å². The molecule has 5 aromatic rings. The summed E-state index contributed by atoms with van der Waals surface area (Å²) >= 11 is 12.2. The monoisotopic (exact) mass is 1760 g/mol. The molecule has 0 unspecified atom stereocenters. The second kappa shape index (κ2) is 50.7. The van der Waals surface area contributed by atoms with Crippen molar-refractivity contribution >= 4 is 90.3 Å². The minimum Gasteiger partial charge on any atom is -0.504 e. The van der Waals surface area contributed by atoms with Crippen LogP contribution in [0.4, 0.5) is 58.3 Å². The van der Waals surface area contributed by atoms with Gasteiger partial charge in [0.15, 0.2) is 66.2 Å². The van der Waals surface area contributed by atoms with Crippen molar-refractivity contribution in [3.8, 4) is 52.9 Å². The fraction of sp³-hybridized carbons (Fsp3) is 0.479. The van der Waals surface area contributed by atoms with E-state index < -0.39 is 107 Å². The molecule has 0 bridgehead atoms. The summed E-state index contributed by atoms with van der Waals surface area (Å²) in [5.41, 5.74) is -1.07. The van der Waals surface area contributed by atoms with Gasteiger partial charge in [0, 0.05) is 13.3 Å². The number of ether oxygens (including phenoxy) is 7. The third-order valence-corrected chi connectivity index (χ3v) is 19.2. The van der Waals surface area contributed by atoms with Gasteiger partial charge >= 0.3 is 18.3 Å². The molecular weight excluding hydrogens is 1670 g/mol. The topological polar surface area (TPSA) is 242 Å². The molecule has 0 atom stereocenters. The maximum absolute atomic E-state index is 13.7. The van der Waals surface area contributed by atoms with Crippen LogP contribution < -0.4 is 34.9 Å². The molecular formula is C71H95Br4F10N3O15Si. The van der Waals surface area contributed by atoms with Gasteiger partial charge in [0.2, 0.25) is 29.1 Å². The number of rotatable bonds is 21. The van der Waals surface area contributed by atoms with Gasteiger partial charge in [-0.3, -0.25) is 0 Å². The van der Waals surface area contributed by atoms with Gasteiger partial charge in [-0.15, -0.1) is 6.42 Å². The Morgan fingerprint density at radius 3 is 1.27 bits per heavy atom. The zero-order chi connectivity index (χ0) is 80.4. The van der Waals surface area contributed by atoms with E-state index in [4.69, 9.17) is 64.4 Å². The largest absolute Gasteiger partial charge is 0.504 e. The first-order valence-electron chi connectivity index (χ1n) is 31.6. The summed E-state index contributed by atoms with van der Waals surface area (Å²) in [6.45, 7) is 28.4. The minimum absolute atomic E-state index is 0. The van der Waals surface area contributed by atoms with Crippen molar-refractivity contribution in [2.24, 2.45) is 0 Å². The quantitative estimate of drug-likeness (QED) is 0.00687. The van der Waals surface area contributed by atoms with Crippen molar-refractivity contribution in [1.29, 1.82) is 0 Å². The van der Waals surface area contributed by atoms with Gasteiger partial charge in [-0.1, -0.05) is 67.5 Å². The third kappa shape index (κ3) is 42.5. The van der Waals surface area contributed by atoms with Crippen LogP contribution in [-0.4, -0.2) is 142 Å². The number of amides is 3. The Labute approximate surface area is 638 Å². The summed E-state index contributed by atoms with van der Waals surface area (Å²) in [6, 6.07) is 11.6. The number of aliphatic hydroxyl groups is 3. The molecule has 5 aromatic carbocycles. The maximum Gasteiger partial charge on any atom is 0.408 e. The molecule has 18 nitrogen and oxygen atoms in total. The molecule has 0 aliphatic carbocycles. The number of aryl methyl sites for hydroxylation is 1. The van der Waals surface area contributed by atoms with Crippen LogP contribution >= 0.6 is 63.7 Å². The number of nitrogens with one attached hydrogen (secondary N) is 3. The minimum atomic E-state index is -1.84. The highest BCUT2D eigenvalue weighted by Gasteiger charge is 2.37. The van der Waals surface area contributed by atoms with Gasteiger partial charge in [-0.05, 0) is 208 Å². The summed E-state index contributed by atoms with van der Waals surface area (Å²) in [6.07, 6.45) is 5.40. The van der Waals surface area contributed by atoms with Gasteiger partial charge in [0.25, 0.3) is 0 Å². The molecule has 104 heavy (non-hydrogen) atoms. The van der Waals surface area contributed by atoms with Gasteiger partial charge < -0.3 is 74.0 Å². The predicted molar refractivity (Wildman–Crippen MR) is 396 cm³/mol. The van der Waals surface area contributed by atoms with E-state index in [9.17, 15) is 58.3 Å². The lowest BCUT2D eigenvalue weighted by Gasteiger charge is -2.36. The van der Waals surface area contributed by atoms with Crippen molar-refractivity contribution < 1.29 is 118 Å². The van der Waals surface area contributed by atoms with Crippen LogP contribution in [0.3, 0.4) is 0 Å². The Kier molecular flexibility index (Phi) is 48.5. The van der Waals surface area contributed by atoms with Crippen molar-refractivity contribution in [3.63, 3.8) is 0 Å². The SMILES string of the molecule is C#CCNC(=O)OC(C)(C)C.CC(C)(C)OC(=O)NCC#Cc1ccc(F)c(F)c1OCCO.CC(C)(C)OC(=O)NCCCc1ccc(F)c(F)c1OCCO.CC(C)(C)[Si](C)(C)OCCOc1c(Br)ccc(F)c1F.CCCBr.OCCOc1c(Br)ccc(F)c1F.Oc1c(Br)ccc(F)c1F.[HH].